The van der Waals surface area contributed by atoms with Crippen molar-refractivity contribution in [2.45, 2.75) is 59.3 Å². The Morgan fingerprint density at radius 3 is 2.04 bits per heavy atom. The molecule has 48 heavy (non-hydrogen) atoms. The van der Waals surface area contributed by atoms with Gasteiger partial charge in [-0.2, -0.15) is 4.58 Å². The van der Waals surface area contributed by atoms with Crippen LogP contribution in [0, 0.1) is 27.7 Å². The lowest BCUT2D eigenvalue weighted by Gasteiger charge is -2.28. The van der Waals surface area contributed by atoms with E-state index in [4.69, 9.17) is 4.42 Å². The van der Waals surface area contributed by atoms with Gasteiger partial charge in [-0.25, -0.2) is 8.42 Å². The Kier molecular flexibility index (Phi) is 9.28. The van der Waals surface area contributed by atoms with E-state index < -0.39 is 10.1 Å². The van der Waals surface area contributed by atoms with Crippen LogP contribution in [-0.2, 0) is 10.1 Å². The number of anilines is 2. The van der Waals surface area contributed by atoms with Crippen molar-refractivity contribution in [2.24, 2.45) is 0 Å². The molecule has 0 aromatic heterocycles. The lowest BCUT2D eigenvalue weighted by Crippen LogP contribution is -2.27. The number of para-hydroxylation sites is 2. The van der Waals surface area contributed by atoms with Gasteiger partial charge in [0.1, 0.15) is 28.0 Å². The third kappa shape index (κ3) is 6.16. The summed E-state index contributed by atoms with van der Waals surface area (Å²) in [7, 11) is -4.77. The Hall–Kier alpha value is -4.72. The van der Waals surface area contributed by atoms with Gasteiger partial charge in [0.2, 0.25) is 11.0 Å². The summed E-state index contributed by atoms with van der Waals surface area (Å²) in [5.41, 5.74) is 10.4. The maximum Gasteiger partial charge on any atom is 0.211 e. The minimum Gasteiger partial charge on any atom is -0.744 e. The summed E-state index contributed by atoms with van der Waals surface area (Å²) < 4.78 is 46.8. The molecule has 4 aromatic carbocycles. The lowest BCUT2D eigenvalue weighted by molar-refractivity contribution is 0.463. The SMILES string of the molecule is CCCN(c1ccc2c(-c3ccccc3S(=O)(=O)[O-])c3ccc(=[N+](CCC)c4c(C)cccc4C)cc-3oc2c1)c1c(C)cccc1C. The van der Waals surface area contributed by atoms with E-state index in [1.54, 1.807) is 18.2 Å². The van der Waals surface area contributed by atoms with Gasteiger partial charge in [-0.3, -0.25) is 0 Å². The zero-order valence-electron chi connectivity index (χ0n) is 28.5. The van der Waals surface area contributed by atoms with E-state index in [2.05, 4.69) is 99.5 Å². The average molecular weight is 659 g/mol. The van der Waals surface area contributed by atoms with Crippen molar-refractivity contribution in [1.82, 2.24) is 4.58 Å². The van der Waals surface area contributed by atoms with E-state index in [1.807, 2.05) is 24.3 Å². The van der Waals surface area contributed by atoms with Crippen molar-refractivity contribution < 1.29 is 17.4 Å². The molecular formula is C41H42N2O4S. The highest BCUT2D eigenvalue weighted by Gasteiger charge is 2.24. The summed E-state index contributed by atoms with van der Waals surface area (Å²) in [6.45, 7) is 14.4. The van der Waals surface area contributed by atoms with Gasteiger partial charge in [-0.05, 0) is 69.5 Å². The molecular weight excluding hydrogens is 617 g/mol. The van der Waals surface area contributed by atoms with Crippen molar-refractivity contribution in [3.05, 3.63) is 125 Å². The van der Waals surface area contributed by atoms with Gasteiger partial charge < -0.3 is 13.9 Å². The van der Waals surface area contributed by atoms with Gasteiger partial charge in [-0.15, -0.1) is 0 Å². The molecule has 0 atom stereocenters. The molecule has 1 aliphatic carbocycles. The topological polar surface area (TPSA) is 76.6 Å². The van der Waals surface area contributed by atoms with Crippen molar-refractivity contribution in [1.29, 1.82) is 0 Å². The molecule has 2 aliphatic rings. The number of fused-ring (bicyclic) bond motifs is 2. The second kappa shape index (κ2) is 13.4. The number of hydrogen-bond acceptors (Lipinski definition) is 5. The molecule has 6 nitrogen and oxygen atoms in total. The Morgan fingerprint density at radius 1 is 0.729 bits per heavy atom. The standard InChI is InChI=1S/C41H42N2O4S/c1-7-23-42(40-27(3)13-11-14-28(40)4)31-19-21-33-36(25-31)47-37-26-32(43(24-8-2)41-29(5)15-12-16-30(41)6)20-22-34(37)39(33)35-17-9-10-18-38(35)48(44,45)46/h9-22,25-26H,7-8,23-24H2,1-6H3. The Labute approximate surface area is 283 Å². The minimum atomic E-state index is -4.77. The molecule has 246 valence electrons. The predicted octanol–water partition coefficient (Wildman–Crippen LogP) is 9.40. The fraction of sp³-hybridized carbons (Fsp3) is 0.244. The zero-order valence-corrected chi connectivity index (χ0v) is 29.3. The van der Waals surface area contributed by atoms with E-state index in [9.17, 15) is 13.0 Å². The van der Waals surface area contributed by atoms with E-state index in [0.29, 0.717) is 22.5 Å². The van der Waals surface area contributed by atoms with Crippen molar-refractivity contribution in [3.63, 3.8) is 0 Å². The largest absolute Gasteiger partial charge is 0.744 e. The van der Waals surface area contributed by atoms with Gasteiger partial charge in [0, 0.05) is 69.7 Å². The van der Waals surface area contributed by atoms with Crippen LogP contribution in [-0.4, -0.2) is 26.1 Å². The Bertz CT molecular complexity index is 2260. The molecule has 0 radical (unpaired) electrons. The highest BCUT2D eigenvalue weighted by atomic mass is 32.2. The summed E-state index contributed by atoms with van der Waals surface area (Å²) in [5, 5.41) is 1.70. The molecule has 0 fully saturated rings. The van der Waals surface area contributed by atoms with E-state index >= 15 is 0 Å². The quantitative estimate of drug-likeness (QED) is 0.0879. The summed E-state index contributed by atoms with van der Waals surface area (Å²) >= 11 is 0. The highest BCUT2D eigenvalue weighted by Crippen LogP contribution is 2.44. The maximum atomic E-state index is 12.6. The number of nitrogens with zero attached hydrogens (tertiary/aromatic N) is 2. The normalized spacial score (nSPS) is 12.5. The van der Waals surface area contributed by atoms with Crippen LogP contribution in [0.3, 0.4) is 0 Å². The molecule has 0 bridgehead atoms. The molecule has 6 rings (SSSR count). The van der Waals surface area contributed by atoms with Gasteiger partial charge >= 0.3 is 0 Å². The van der Waals surface area contributed by atoms with Crippen LogP contribution in [0.1, 0.15) is 48.9 Å². The van der Waals surface area contributed by atoms with E-state index in [0.717, 1.165) is 59.3 Å². The molecule has 0 N–H and O–H groups in total. The van der Waals surface area contributed by atoms with Crippen molar-refractivity contribution in [3.8, 4) is 22.5 Å². The molecule has 0 spiro atoms. The van der Waals surface area contributed by atoms with Crippen LogP contribution >= 0.6 is 0 Å². The smallest absolute Gasteiger partial charge is 0.211 e. The van der Waals surface area contributed by atoms with Crippen LogP contribution in [0.2, 0.25) is 0 Å². The molecule has 1 heterocycles. The first kappa shape index (κ1) is 33.2. The first-order valence-corrected chi connectivity index (χ1v) is 18.0. The van der Waals surface area contributed by atoms with Crippen LogP contribution in [0.25, 0.3) is 33.4 Å². The predicted molar refractivity (Wildman–Crippen MR) is 195 cm³/mol. The summed E-state index contributed by atoms with van der Waals surface area (Å²) in [6, 6.07) is 31.3. The molecule has 7 heteroatoms. The fourth-order valence-corrected chi connectivity index (χ4v) is 7.72. The molecule has 0 unspecified atom stereocenters. The van der Waals surface area contributed by atoms with Gasteiger partial charge in [0.15, 0.2) is 0 Å². The third-order valence-corrected chi connectivity index (χ3v) is 9.95. The number of aryl methyl sites for hydroxylation is 4. The van der Waals surface area contributed by atoms with Crippen LogP contribution < -0.4 is 14.8 Å². The first-order chi connectivity index (χ1) is 23.0. The molecule has 0 saturated heterocycles. The Morgan fingerprint density at radius 2 is 1.40 bits per heavy atom. The monoisotopic (exact) mass is 658 g/mol. The molecule has 0 amide bonds. The minimum absolute atomic E-state index is 0.252. The molecule has 1 aliphatic heterocycles. The summed E-state index contributed by atoms with van der Waals surface area (Å²) in [6.07, 6.45) is 1.88. The number of benzene rings is 5. The average Bonchev–Trinajstić information content (AvgIpc) is 3.05. The summed E-state index contributed by atoms with van der Waals surface area (Å²) in [5.74, 6) is 0.603. The fourth-order valence-electron chi connectivity index (χ4n) is 7.03. The van der Waals surface area contributed by atoms with Gasteiger partial charge in [0.05, 0.1) is 11.0 Å². The van der Waals surface area contributed by atoms with E-state index in [1.165, 1.54) is 28.3 Å². The lowest BCUT2D eigenvalue weighted by atomic mass is 9.93. The van der Waals surface area contributed by atoms with Crippen molar-refractivity contribution in [2.75, 3.05) is 18.0 Å². The van der Waals surface area contributed by atoms with Crippen LogP contribution in [0.4, 0.5) is 17.1 Å². The highest BCUT2D eigenvalue weighted by molar-refractivity contribution is 7.85. The van der Waals surface area contributed by atoms with Crippen molar-refractivity contribution >= 4 is 38.1 Å². The molecule has 4 aromatic rings. The zero-order chi connectivity index (χ0) is 34.2. The number of rotatable bonds is 9. The van der Waals surface area contributed by atoms with Gasteiger partial charge in [-0.1, -0.05) is 68.4 Å². The first-order valence-electron chi connectivity index (χ1n) is 16.6. The Balaban J connectivity index is 1.72. The van der Waals surface area contributed by atoms with E-state index in [-0.39, 0.29) is 4.90 Å². The van der Waals surface area contributed by atoms with Crippen LogP contribution in [0.15, 0.2) is 106 Å². The van der Waals surface area contributed by atoms with Crippen LogP contribution in [0.5, 0.6) is 0 Å². The second-order valence-electron chi connectivity index (χ2n) is 12.6. The number of hydrogen-bond donors (Lipinski definition) is 0. The molecule has 0 saturated carbocycles. The van der Waals surface area contributed by atoms with Gasteiger partial charge in [0.25, 0.3) is 0 Å². The maximum absolute atomic E-state index is 12.6. The summed E-state index contributed by atoms with van der Waals surface area (Å²) in [4.78, 5) is 2.07. The second-order valence-corrected chi connectivity index (χ2v) is 13.9. The third-order valence-electron chi connectivity index (χ3n) is 9.05.